The molecule has 4 atom stereocenters. The van der Waals surface area contributed by atoms with E-state index in [9.17, 15) is 38.9 Å². The van der Waals surface area contributed by atoms with Gasteiger partial charge in [0.2, 0.25) is 0 Å². The maximum absolute atomic E-state index is 13.3. The Morgan fingerprint density at radius 3 is 1.75 bits per heavy atom. The molecule has 1 aromatic heterocycles. The van der Waals surface area contributed by atoms with Gasteiger partial charge in [-0.05, 0) is 6.42 Å². The molecular formula is C31H55N2O10P. The molecule has 1 fully saturated rings. The summed E-state index contributed by atoms with van der Waals surface area (Å²) >= 11 is 0. The van der Waals surface area contributed by atoms with Crippen molar-refractivity contribution in [2.24, 2.45) is 0 Å². The van der Waals surface area contributed by atoms with Gasteiger partial charge in [-0.2, -0.15) is 0 Å². The van der Waals surface area contributed by atoms with Crippen molar-refractivity contribution in [3.05, 3.63) is 33.1 Å². The molecular weight excluding hydrogens is 591 g/mol. The number of hydrogen-bond donors (Lipinski definition) is 5. The van der Waals surface area contributed by atoms with Crippen LogP contribution in [0.25, 0.3) is 0 Å². The molecule has 44 heavy (non-hydrogen) atoms. The normalized spacial score (nSPS) is 22.1. The molecule has 0 unspecified atom stereocenters. The average molecular weight is 647 g/mol. The molecule has 0 bridgehead atoms. The second-order valence-corrected chi connectivity index (χ2v) is 13.3. The molecule has 13 heteroatoms. The summed E-state index contributed by atoms with van der Waals surface area (Å²) in [7, 11) is -5.24. The zero-order valence-corrected chi connectivity index (χ0v) is 27.3. The highest BCUT2D eigenvalue weighted by Crippen LogP contribution is 2.48. The van der Waals surface area contributed by atoms with Crippen molar-refractivity contribution in [2.75, 3.05) is 6.61 Å². The van der Waals surface area contributed by atoms with Crippen LogP contribution in [-0.2, 0) is 18.6 Å². The van der Waals surface area contributed by atoms with E-state index in [0.717, 1.165) is 36.1 Å². The summed E-state index contributed by atoms with van der Waals surface area (Å²) in [6, 6.07) is 0.971. The third-order valence-electron chi connectivity index (χ3n) is 8.44. The van der Waals surface area contributed by atoms with E-state index >= 15 is 0 Å². The number of rotatable bonds is 25. The number of nitrogens with zero attached hydrogens (tertiary/aromatic N) is 1. The van der Waals surface area contributed by atoms with Crippen LogP contribution in [0.1, 0.15) is 142 Å². The minimum Gasteiger partial charge on any atom is -0.394 e. The number of unbranched alkanes of at least 4 members (excludes halogenated alkanes) is 18. The van der Waals surface area contributed by atoms with Crippen molar-refractivity contribution >= 4 is 13.6 Å². The van der Waals surface area contributed by atoms with Crippen LogP contribution in [0.2, 0.25) is 0 Å². The lowest BCUT2D eigenvalue weighted by molar-refractivity contribution is -0.158. The number of ketones is 1. The van der Waals surface area contributed by atoms with Crippen LogP contribution in [0.3, 0.4) is 0 Å². The number of hydrogen-bond acceptors (Lipinski definition) is 8. The van der Waals surface area contributed by atoms with Gasteiger partial charge < -0.3 is 24.7 Å². The Kier molecular flexibility index (Phi) is 17.9. The summed E-state index contributed by atoms with van der Waals surface area (Å²) in [5, 5.41) is 21.3. The first-order valence-corrected chi connectivity index (χ1v) is 18.1. The topological polar surface area (TPSA) is 188 Å². The molecule has 0 saturated carbocycles. The molecule has 12 nitrogen and oxygen atoms in total. The van der Waals surface area contributed by atoms with E-state index in [0.29, 0.717) is 12.8 Å². The Balaban J connectivity index is 1.70. The smallest absolute Gasteiger partial charge is 0.394 e. The summed E-state index contributed by atoms with van der Waals surface area (Å²) in [5.41, 5.74) is -4.44. The van der Waals surface area contributed by atoms with Gasteiger partial charge in [0, 0.05) is 18.7 Å². The Morgan fingerprint density at radius 1 is 0.886 bits per heavy atom. The molecule has 2 rings (SSSR count). The van der Waals surface area contributed by atoms with E-state index in [1.165, 1.54) is 89.9 Å². The summed E-state index contributed by atoms with van der Waals surface area (Å²) in [4.78, 5) is 58.1. The van der Waals surface area contributed by atoms with Gasteiger partial charge in [0.15, 0.2) is 17.6 Å². The Morgan fingerprint density at radius 2 is 1.34 bits per heavy atom. The third kappa shape index (κ3) is 13.0. The van der Waals surface area contributed by atoms with E-state index in [1.54, 1.807) is 0 Å². The van der Waals surface area contributed by atoms with Crippen molar-refractivity contribution in [3.63, 3.8) is 0 Å². The van der Waals surface area contributed by atoms with Crippen molar-refractivity contribution in [3.8, 4) is 0 Å². The number of carbonyl (C=O) groups excluding carboxylic acids is 1. The fourth-order valence-electron chi connectivity index (χ4n) is 5.95. The number of H-pyrrole nitrogens is 1. The summed E-state index contributed by atoms with van der Waals surface area (Å²) in [6.07, 6.45) is 18.2. The van der Waals surface area contributed by atoms with E-state index in [1.807, 2.05) is 4.98 Å². The summed E-state index contributed by atoms with van der Waals surface area (Å²) < 4.78 is 22.6. The second kappa shape index (κ2) is 20.5. The standard InChI is InChI=1S/C31H55N2O10P/c1-2-3-4-5-6-7-8-9-10-11-12-13-14-15-16-17-18-19-20-21-26(35)31(38)28(43-44(39,40)41)25(24-34)42-29(31)33-23-22-27(36)32-30(33)37/h22-23,25,28-29,34,38H,2-21,24H2,1H3,(H,32,36,37)(H2,39,40,41)/t25-,28-,29-,31-/m1/s1. The highest BCUT2D eigenvalue weighted by Gasteiger charge is 2.63. The maximum atomic E-state index is 13.3. The number of ether oxygens (including phenoxy) is 1. The molecule has 0 spiro atoms. The van der Waals surface area contributed by atoms with Gasteiger partial charge in [-0.1, -0.05) is 122 Å². The number of carbonyl (C=O) groups is 1. The van der Waals surface area contributed by atoms with Crippen LogP contribution in [0.15, 0.2) is 21.9 Å². The monoisotopic (exact) mass is 646 g/mol. The van der Waals surface area contributed by atoms with Gasteiger partial charge in [-0.15, -0.1) is 0 Å². The lowest BCUT2D eigenvalue weighted by atomic mass is 9.86. The Bertz CT molecular complexity index is 1120. The number of aromatic nitrogens is 2. The Hall–Kier alpha value is -1.66. The van der Waals surface area contributed by atoms with Crippen molar-refractivity contribution in [1.82, 2.24) is 9.55 Å². The van der Waals surface area contributed by atoms with Gasteiger partial charge in [0.05, 0.1) is 6.61 Å². The van der Waals surface area contributed by atoms with Crippen molar-refractivity contribution < 1.29 is 38.6 Å². The van der Waals surface area contributed by atoms with Crippen LogP contribution in [-0.4, -0.2) is 59.8 Å². The SMILES string of the molecule is CCCCCCCCCCCCCCCCCCCCCC(=O)[C@@]1(O)[C@H](OP(=O)(O)O)[C@@H](CO)O[C@H]1n1ccc(=O)[nH]c1=O. The number of phosphoric acid groups is 1. The Labute approximate surface area is 260 Å². The largest absolute Gasteiger partial charge is 0.470 e. The molecule has 254 valence electrons. The number of aliphatic hydroxyl groups excluding tert-OH is 1. The predicted octanol–water partition coefficient (Wildman–Crippen LogP) is 5.03. The van der Waals surface area contributed by atoms with E-state index < -0.39 is 55.5 Å². The van der Waals surface area contributed by atoms with Crippen LogP contribution in [0.4, 0.5) is 0 Å². The molecule has 0 radical (unpaired) electrons. The van der Waals surface area contributed by atoms with Crippen LogP contribution in [0, 0.1) is 0 Å². The lowest BCUT2D eigenvalue weighted by Gasteiger charge is -2.32. The third-order valence-corrected chi connectivity index (χ3v) is 8.94. The first-order valence-electron chi connectivity index (χ1n) is 16.6. The first-order chi connectivity index (χ1) is 21.0. The zero-order valence-electron chi connectivity index (χ0n) is 26.4. The minimum atomic E-state index is -5.24. The zero-order chi connectivity index (χ0) is 32.4. The van der Waals surface area contributed by atoms with Crippen molar-refractivity contribution in [2.45, 2.75) is 159 Å². The minimum absolute atomic E-state index is 0.160. The van der Waals surface area contributed by atoms with Crippen LogP contribution < -0.4 is 11.2 Å². The number of aliphatic hydroxyl groups is 2. The second-order valence-electron chi connectivity index (χ2n) is 12.1. The highest BCUT2D eigenvalue weighted by molar-refractivity contribution is 7.46. The molecule has 1 saturated heterocycles. The van der Waals surface area contributed by atoms with Gasteiger partial charge in [-0.3, -0.25) is 23.7 Å². The van der Waals surface area contributed by atoms with Gasteiger partial charge in [-0.25, -0.2) is 9.36 Å². The predicted molar refractivity (Wildman–Crippen MR) is 167 cm³/mol. The maximum Gasteiger partial charge on any atom is 0.470 e. The quantitative estimate of drug-likeness (QED) is 0.0712. The molecule has 1 aliphatic rings. The van der Waals surface area contributed by atoms with Gasteiger partial charge in [0.1, 0.15) is 12.2 Å². The number of aromatic amines is 1. The molecule has 5 N–H and O–H groups in total. The van der Waals surface area contributed by atoms with E-state index in [-0.39, 0.29) is 6.42 Å². The van der Waals surface area contributed by atoms with Gasteiger partial charge >= 0.3 is 13.5 Å². The number of nitrogens with one attached hydrogen (secondary N) is 1. The van der Waals surface area contributed by atoms with E-state index in [2.05, 4.69) is 6.92 Å². The molecule has 1 aliphatic heterocycles. The van der Waals surface area contributed by atoms with Crippen molar-refractivity contribution in [1.29, 1.82) is 0 Å². The fraction of sp³-hybridized carbons (Fsp3) is 0.839. The molecule has 0 aromatic carbocycles. The molecule has 2 heterocycles. The highest BCUT2D eigenvalue weighted by atomic mass is 31.2. The summed E-state index contributed by atoms with van der Waals surface area (Å²) in [5.74, 6) is -0.845. The van der Waals surface area contributed by atoms with Crippen LogP contribution in [0.5, 0.6) is 0 Å². The lowest BCUT2D eigenvalue weighted by Crippen LogP contribution is -2.55. The first kappa shape index (κ1) is 38.5. The van der Waals surface area contributed by atoms with Crippen LogP contribution >= 0.6 is 7.82 Å². The fourth-order valence-corrected chi connectivity index (χ4v) is 6.54. The van der Waals surface area contributed by atoms with Gasteiger partial charge in [0.25, 0.3) is 5.56 Å². The summed E-state index contributed by atoms with van der Waals surface area (Å²) in [6.45, 7) is 1.40. The average Bonchev–Trinajstić information content (AvgIpc) is 3.24. The number of Topliss-reactive ketones (excluding diaryl/α,β-unsaturated/α-hetero) is 1. The van der Waals surface area contributed by atoms with E-state index in [4.69, 9.17) is 9.26 Å². The molecule has 0 amide bonds. The molecule has 0 aliphatic carbocycles. The molecule has 1 aromatic rings. The number of phosphoric ester groups is 1.